The summed E-state index contributed by atoms with van der Waals surface area (Å²) in [6.45, 7) is 13.1. The number of hydrogen-bond acceptors (Lipinski definition) is 2. The minimum Gasteiger partial charge on any atom is -0.462 e. The molecule has 0 heterocycles. The molecule has 1 saturated carbocycles. The van der Waals surface area contributed by atoms with E-state index in [-0.39, 0.29) is 17.5 Å². The number of carbonyl (C=O) groups excluding carboxylic acids is 1. The zero-order valence-corrected chi connectivity index (χ0v) is 13.7. The summed E-state index contributed by atoms with van der Waals surface area (Å²) in [5.74, 6) is 0.780. The normalized spacial score (nSPS) is 25.2. The molecule has 1 rings (SSSR count). The third-order valence-corrected chi connectivity index (χ3v) is 5.23. The van der Waals surface area contributed by atoms with E-state index in [1.165, 1.54) is 12.8 Å². The molecule has 0 spiro atoms. The maximum absolute atomic E-state index is 12.3. The minimum absolute atomic E-state index is 0.0108. The molecule has 2 nitrogen and oxygen atoms in total. The second kappa shape index (κ2) is 6.28. The van der Waals surface area contributed by atoms with E-state index in [2.05, 4.69) is 34.6 Å². The van der Waals surface area contributed by atoms with Crippen molar-refractivity contribution in [1.29, 1.82) is 0 Å². The van der Waals surface area contributed by atoms with Crippen LogP contribution in [0.2, 0.25) is 0 Å². The van der Waals surface area contributed by atoms with Crippen LogP contribution in [0.3, 0.4) is 0 Å². The highest BCUT2D eigenvalue weighted by Gasteiger charge is 2.35. The predicted octanol–water partition coefficient (Wildman–Crippen LogP) is 4.96. The summed E-state index contributed by atoms with van der Waals surface area (Å²) >= 11 is 0. The summed E-state index contributed by atoms with van der Waals surface area (Å²) in [5.41, 5.74) is 0.0945. The summed E-state index contributed by atoms with van der Waals surface area (Å²) in [6.07, 6.45) is 6.34. The minimum atomic E-state index is -0.291. The Morgan fingerprint density at radius 3 is 1.84 bits per heavy atom. The number of rotatable bonds is 4. The smallest absolute Gasteiger partial charge is 0.312 e. The Morgan fingerprint density at radius 2 is 1.47 bits per heavy atom. The SMILES string of the molecule is CCC(C)(CC)C(=O)OC1CCC(C(C)(C)C)CC1. The Bertz CT molecular complexity index is 289. The fourth-order valence-electron chi connectivity index (χ4n) is 2.88. The molecule has 0 unspecified atom stereocenters. The van der Waals surface area contributed by atoms with Crippen LogP contribution in [-0.2, 0) is 9.53 Å². The van der Waals surface area contributed by atoms with Gasteiger partial charge in [-0.2, -0.15) is 0 Å². The Kier molecular flexibility index (Phi) is 5.46. The molecule has 0 aliphatic heterocycles. The van der Waals surface area contributed by atoms with Crippen LogP contribution < -0.4 is 0 Å². The van der Waals surface area contributed by atoms with Crippen LogP contribution in [0.25, 0.3) is 0 Å². The molecule has 0 aromatic carbocycles. The van der Waals surface area contributed by atoms with Gasteiger partial charge in [0.15, 0.2) is 0 Å². The van der Waals surface area contributed by atoms with E-state index in [1.54, 1.807) is 0 Å². The van der Waals surface area contributed by atoms with Crippen LogP contribution in [0.1, 0.15) is 80.1 Å². The maximum atomic E-state index is 12.3. The molecule has 112 valence electrons. The molecule has 0 atom stereocenters. The average molecular weight is 268 g/mol. The lowest BCUT2D eigenvalue weighted by molar-refractivity contribution is -0.163. The van der Waals surface area contributed by atoms with Crippen molar-refractivity contribution < 1.29 is 9.53 Å². The highest BCUT2D eigenvalue weighted by molar-refractivity contribution is 5.76. The van der Waals surface area contributed by atoms with Crippen molar-refractivity contribution in [1.82, 2.24) is 0 Å². The van der Waals surface area contributed by atoms with E-state index < -0.39 is 0 Å². The second-order valence-corrected chi connectivity index (χ2v) is 7.51. The second-order valence-electron chi connectivity index (χ2n) is 7.51. The quantitative estimate of drug-likeness (QED) is 0.673. The monoisotopic (exact) mass is 268 g/mol. The summed E-state index contributed by atoms with van der Waals surface area (Å²) in [7, 11) is 0. The Morgan fingerprint density at radius 1 is 1.00 bits per heavy atom. The molecular weight excluding hydrogens is 236 g/mol. The molecule has 0 radical (unpaired) electrons. The first kappa shape index (κ1) is 16.5. The summed E-state index contributed by atoms with van der Waals surface area (Å²) in [6, 6.07) is 0. The topological polar surface area (TPSA) is 26.3 Å². The van der Waals surface area contributed by atoms with Crippen molar-refractivity contribution in [3.8, 4) is 0 Å². The van der Waals surface area contributed by atoms with Crippen molar-refractivity contribution in [3.05, 3.63) is 0 Å². The first-order valence-corrected chi connectivity index (χ1v) is 7.94. The van der Waals surface area contributed by atoms with Crippen LogP contribution >= 0.6 is 0 Å². The zero-order chi connectivity index (χ0) is 14.7. The lowest BCUT2D eigenvalue weighted by Gasteiger charge is -2.37. The predicted molar refractivity (Wildman–Crippen MR) is 80.0 cm³/mol. The molecule has 1 aliphatic carbocycles. The van der Waals surface area contributed by atoms with Gasteiger partial charge in [0.1, 0.15) is 6.10 Å². The summed E-state index contributed by atoms with van der Waals surface area (Å²) in [5, 5.41) is 0. The van der Waals surface area contributed by atoms with Gasteiger partial charge in [-0.3, -0.25) is 4.79 Å². The third-order valence-electron chi connectivity index (χ3n) is 5.23. The van der Waals surface area contributed by atoms with Gasteiger partial charge in [-0.1, -0.05) is 34.6 Å². The largest absolute Gasteiger partial charge is 0.462 e. The van der Waals surface area contributed by atoms with Gasteiger partial charge < -0.3 is 4.74 Å². The molecule has 0 N–H and O–H groups in total. The van der Waals surface area contributed by atoms with Crippen LogP contribution in [0.4, 0.5) is 0 Å². The van der Waals surface area contributed by atoms with Gasteiger partial charge in [0, 0.05) is 0 Å². The summed E-state index contributed by atoms with van der Waals surface area (Å²) in [4.78, 5) is 12.3. The van der Waals surface area contributed by atoms with Gasteiger partial charge in [0.2, 0.25) is 0 Å². The fraction of sp³-hybridized carbons (Fsp3) is 0.941. The lowest BCUT2D eigenvalue weighted by Crippen LogP contribution is -2.35. The van der Waals surface area contributed by atoms with Gasteiger partial charge in [-0.15, -0.1) is 0 Å². The Labute approximate surface area is 119 Å². The van der Waals surface area contributed by atoms with Crippen molar-refractivity contribution in [2.24, 2.45) is 16.7 Å². The van der Waals surface area contributed by atoms with Crippen molar-refractivity contribution in [3.63, 3.8) is 0 Å². The molecular formula is C17H32O2. The van der Waals surface area contributed by atoms with Crippen LogP contribution in [0.5, 0.6) is 0 Å². The van der Waals surface area contributed by atoms with Gasteiger partial charge in [-0.05, 0) is 56.8 Å². The molecule has 19 heavy (non-hydrogen) atoms. The van der Waals surface area contributed by atoms with E-state index in [9.17, 15) is 4.79 Å². The fourth-order valence-corrected chi connectivity index (χ4v) is 2.88. The van der Waals surface area contributed by atoms with E-state index in [0.717, 1.165) is 31.6 Å². The van der Waals surface area contributed by atoms with E-state index in [0.29, 0.717) is 5.41 Å². The maximum Gasteiger partial charge on any atom is 0.312 e. The standard InChI is InChI=1S/C17H32O2/c1-7-17(6,8-2)15(18)19-14-11-9-13(10-12-14)16(3,4)5/h13-14H,7-12H2,1-6H3. The van der Waals surface area contributed by atoms with Crippen molar-refractivity contribution >= 4 is 5.97 Å². The highest BCUT2D eigenvalue weighted by atomic mass is 16.5. The molecule has 0 saturated heterocycles. The van der Waals surface area contributed by atoms with Crippen molar-refractivity contribution in [2.75, 3.05) is 0 Å². The first-order valence-electron chi connectivity index (χ1n) is 7.94. The number of carbonyl (C=O) groups is 1. The summed E-state index contributed by atoms with van der Waals surface area (Å²) < 4.78 is 5.76. The molecule has 1 fully saturated rings. The van der Waals surface area contributed by atoms with Gasteiger partial charge in [0.25, 0.3) is 0 Å². The van der Waals surface area contributed by atoms with Gasteiger partial charge >= 0.3 is 5.97 Å². The Hall–Kier alpha value is -0.530. The van der Waals surface area contributed by atoms with Crippen LogP contribution in [0.15, 0.2) is 0 Å². The van der Waals surface area contributed by atoms with Crippen LogP contribution in [0, 0.1) is 16.7 Å². The molecule has 0 aromatic heterocycles. The number of hydrogen-bond donors (Lipinski definition) is 0. The molecule has 0 amide bonds. The Balaban J connectivity index is 2.48. The first-order chi connectivity index (χ1) is 8.73. The van der Waals surface area contributed by atoms with E-state index >= 15 is 0 Å². The molecule has 1 aliphatic rings. The van der Waals surface area contributed by atoms with Crippen LogP contribution in [-0.4, -0.2) is 12.1 Å². The van der Waals surface area contributed by atoms with Gasteiger partial charge in [-0.25, -0.2) is 0 Å². The third kappa shape index (κ3) is 4.22. The zero-order valence-electron chi connectivity index (χ0n) is 13.7. The van der Waals surface area contributed by atoms with Gasteiger partial charge in [0.05, 0.1) is 5.41 Å². The average Bonchev–Trinajstić information content (AvgIpc) is 2.37. The van der Waals surface area contributed by atoms with Crippen molar-refractivity contribution in [2.45, 2.75) is 86.2 Å². The highest BCUT2D eigenvalue weighted by Crippen LogP contribution is 2.39. The van der Waals surface area contributed by atoms with E-state index in [4.69, 9.17) is 4.74 Å². The molecule has 0 aromatic rings. The molecule has 0 bridgehead atoms. The lowest BCUT2D eigenvalue weighted by atomic mass is 9.72. The number of ether oxygens (including phenoxy) is 1. The number of esters is 1. The molecule has 2 heteroatoms. The van der Waals surface area contributed by atoms with E-state index in [1.807, 2.05) is 6.92 Å².